The van der Waals surface area contributed by atoms with Gasteiger partial charge >= 0.3 is 6.03 Å². The number of carbonyl (C=O) groups excluding carboxylic acids is 2. The van der Waals surface area contributed by atoms with Crippen LogP contribution in [0.25, 0.3) is 22.0 Å². The first kappa shape index (κ1) is 23.8. The summed E-state index contributed by atoms with van der Waals surface area (Å²) in [5.41, 5.74) is 9.82. The zero-order chi connectivity index (χ0) is 25.5. The van der Waals surface area contributed by atoms with Gasteiger partial charge in [-0.25, -0.2) is 9.78 Å². The summed E-state index contributed by atoms with van der Waals surface area (Å²) in [5.74, 6) is 1.62. The largest absolute Gasteiger partial charge is 0.381 e. The van der Waals surface area contributed by atoms with Crippen LogP contribution in [0.2, 0.25) is 0 Å². The van der Waals surface area contributed by atoms with Gasteiger partial charge in [-0.3, -0.25) is 4.79 Å². The van der Waals surface area contributed by atoms with E-state index in [0.29, 0.717) is 25.6 Å². The van der Waals surface area contributed by atoms with Crippen molar-refractivity contribution in [2.45, 2.75) is 38.8 Å². The van der Waals surface area contributed by atoms with Crippen LogP contribution in [0.5, 0.6) is 0 Å². The lowest BCUT2D eigenvalue weighted by Crippen LogP contribution is -2.50. The van der Waals surface area contributed by atoms with Gasteiger partial charge in [0.05, 0.1) is 17.9 Å². The molecule has 196 valence electrons. The molecule has 3 aliphatic heterocycles. The molecule has 0 aliphatic carbocycles. The molecule has 37 heavy (non-hydrogen) atoms. The van der Waals surface area contributed by atoms with Crippen molar-refractivity contribution in [2.75, 3.05) is 50.8 Å². The van der Waals surface area contributed by atoms with Gasteiger partial charge in [0.1, 0.15) is 5.82 Å². The van der Waals surface area contributed by atoms with E-state index in [-0.39, 0.29) is 13.4 Å². The summed E-state index contributed by atoms with van der Waals surface area (Å²) >= 11 is 0. The van der Waals surface area contributed by atoms with Gasteiger partial charge in [-0.15, -0.1) is 0 Å². The minimum Gasteiger partial charge on any atom is -0.381 e. The van der Waals surface area contributed by atoms with Gasteiger partial charge in [0, 0.05) is 78.0 Å². The molecule has 0 radical (unpaired) electrons. The van der Waals surface area contributed by atoms with Crippen molar-refractivity contribution in [3.8, 4) is 11.3 Å². The van der Waals surface area contributed by atoms with E-state index in [1.807, 2.05) is 4.90 Å². The zero-order valence-electron chi connectivity index (χ0n) is 21.4. The van der Waals surface area contributed by atoms with Crippen molar-refractivity contribution < 1.29 is 15.8 Å². The number of primary amides is 1. The van der Waals surface area contributed by atoms with Crippen molar-refractivity contribution in [1.82, 2.24) is 19.4 Å². The second-order valence-electron chi connectivity index (χ2n) is 10.3. The Morgan fingerprint density at radius 3 is 2.49 bits per heavy atom. The summed E-state index contributed by atoms with van der Waals surface area (Å²) in [6.07, 6.45) is 1.96. The van der Waals surface area contributed by atoms with E-state index in [0.717, 1.165) is 91.5 Å². The highest BCUT2D eigenvalue weighted by Gasteiger charge is 2.30. The van der Waals surface area contributed by atoms with Crippen LogP contribution >= 0.6 is 0 Å². The number of urea groups is 1. The van der Waals surface area contributed by atoms with E-state index in [1.165, 1.54) is 0 Å². The highest BCUT2D eigenvalue weighted by atomic mass is 16.5. The third kappa shape index (κ3) is 4.41. The van der Waals surface area contributed by atoms with E-state index < -0.39 is 0 Å². The van der Waals surface area contributed by atoms with Crippen LogP contribution in [0.1, 0.15) is 38.6 Å². The standard InChI is InChI=1S/C28H34N6O3.H2/c1-19(35)33-13-14-34-25(18-33)26(30-27(34)20-7-15-37-16-8-20)24-4-2-3-21-17-22(5-6-23(21)24)31-9-11-32(12-10-31)28(29)36;/h2-6,17,20H,7-16,18H2,1H3,(H2,29,36);1H. The van der Waals surface area contributed by atoms with Crippen molar-refractivity contribution in [1.29, 1.82) is 0 Å². The van der Waals surface area contributed by atoms with Crippen LogP contribution in [0.15, 0.2) is 36.4 Å². The molecule has 4 heterocycles. The molecular formula is C28H36N6O3. The van der Waals surface area contributed by atoms with Gasteiger partial charge in [-0.1, -0.05) is 24.3 Å². The van der Waals surface area contributed by atoms with E-state index in [9.17, 15) is 9.59 Å². The third-order valence-electron chi connectivity index (χ3n) is 8.14. The minimum atomic E-state index is -0.352. The molecule has 0 atom stereocenters. The molecule has 9 nitrogen and oxygen atoms in total. The predicted molar refractivity (Wildman–Crippen MR) is 145 cm³/mol. The number of aromatic nitrogens is 2. The molecular weight excluding hydrogens is 468 g/mol. The number of nitrogens with two attached hydrogens (primary N) is 1. The Bertz CT molecular complexity index is 1340. The van der Waals surface area contributed by atoms with Crippen molar-refractivity contribution in [3.05, 3.63) is 47.9 Å². The quantitative estimate of drug-likeness (QED) is 0.590. The number of fused-ring (bicyclic) bond motifs is 2. The fraction of sp³-hybridized carbons (Fsp3) is 0.464. The molecule has 0 saturated carbocycles. The van der Waals surface area contributed by atoms with E-state index in [4.69, 9.17) is 15.5 Å². The smallest absolute Gasteiger partial charge is 0.314 e. The lowest BCUT2D eigenvalue weighted by atomic mass is 9.99. The highest BCUT2D eigenvalue weighted by Crippen LogP contribution is 2.38. The predicted octanol–water partition coefficient (Wildman–Crippen LogP) is 3.41. The molecule has 0 unspecified atom stereocenters. The van der Waals surface area contributed by atoms with Crippen LogP contribution in [0.3, 0.4) is 0 Å². The molecule has 9 heteroatoms. The first-order chi connectivity index (χ1) is 18.0. The topological polar surface area (TPSA) is 96.9 Å². The number of anilines is 1. The molecule has 3 aliphatic rings. The molecule has 6 rings (SSSR count). The van der Waals surface area contributed by atoms with Gasteiger partial charge in [0.15, 0.2) is 0 Å². The maximum atomic E-state index is 12.3. The van der Waals surface area contributed by atoms with Crippen molar-refractivity contribution in [3.63, 3.8) is 0 Å². The van der Waals surface area contributed by atoms with Gasteiger partial charge in [0.25, 0.3) is 0 Å². The Hall–Kier alpha value is -3.59. The van der Waals surface area contributed by atoms with E-state index in [2.05, 4.69) is 45.9 Å². The number of rotatable bonds is 3. The molecule has 1 aromatic heterocycles. The van der Waals surface area contributed by atoms with Crippen LogP contribution < -0.4 is 10.6 Å². The Labute approximate surface area is 218 Å². The Morgan fingerprint density at radius 2 is 1.76 bits per heavy atom. The molecule has 3 amide bonds. The second-order valence-corrected chi connectivity index (χ2v) is 10.3. The van der Waals surface area contributed by atoms with Crippen molar-refractivity contribution >= 4 is 28.4 Å². The molecule has 3 aromatic rings. The maximum absolute atomic E-state index is 12.3. The summed E-state index contributed by atoms with van der Waals surface area (Å²) < 4.78 is 7.99. The molecule has 2 saturated heterocycles. The van der Waals surface area contributed by atoms with Gasteiger partial charge in [0.2, 0.25) is 5.91 Å². The fourth-order valence-electron chi connectivity index (χ4n) is 6.01. The highest BCUT2D eigenvalue weighted by molar-refractivity contribution is 5.98. The summed E-state index contributed by atoms with van der Waals surface area (Å²) in [5, 5.41) is 2.31. The number of hydrogen-bond acceptors (Lipinski definition) is 5. The van der Waals surface area contributed by atoms with Crippen LogP contribution in [-0.2, 0) is 22.6 Å². The molecule has 2 fully saturated rings. The summed E-state index contributed by atoms with van der Waals surface area (Å²) in [6.45, 7) is 8.06. The number of piperazine rings is 1. The fourth-order valence-corrected chi connectivity index (χ4v) is 6.01. The Kier molecular flexibility index (Phi) is 6.24. The molecule has 0 bridgehead atoms. The summed E-state index contributed by atoms with van der Waals surface area (Å²) in [6, 6.07) is 12.6. The van der Waals surface area contributed by atoms with Crippen LogP contribution in [-0.4, -0.2) is 77.2 Å². The summed E-state index contributed by atoms with van der Waals surface area (Å²) in [4.78, 5) is 35.0. The number of benzene rings is 2. The normalized spacial score (nSPS) is 18.8. The monoisotopic (exact) mass is 504 g/mol. The lowest BCUT2D eigenvalue weighted by Gasteiger charge is -2.35. The molecule has 2 N–H and O–H groups in total. The zero-order valence-corrected chi connectivity index (χ0v) is 21.4. The summed E-state index contributed by atoms with van der Waals surface area (Å²) in [7, 11) is 0. The second kappa shape index (κ2) is 9.70. The van der Waals surface area contributed by atoms with Crippen molar-refractivity contribution in [2.24, 2.45) is 5.73 Å². The first-order valence-corrected chi connectivity index (χ1v) is 13.2. The SMILES string of the molecule is CC(=O)N1CCn2c(C3CCOCC3)nc(-c3cccc4cc(N5CCN(C(N)=O)CC5)ccc34)c2C1.[HH]. The van der Waals surface area contributed by atoms with Crippen LogP contribution in [0, 0.1) is 0 Å². The number of imidazole rings is 1. The maximum Gasteiger partial charge on any atom is 0.314 e. The first-order valence-electron chi connectivity index (χ1n) is 13.2. The molecule has 0 spiro atoms. The van der Waals surface area contributed by atoms with Gasteiger partial charge in [-0.05, 0) is 35.7 Å². The molecule has 2 aromatic carbocycles. The third-order valence-corrected chi connectivity index (χ3v) is 8.14. The van der Waals surface area contributed by atoms with E-state index >= 15 is 0 Å². The number of nitrogens with zero attached hydrogens (tertiary/aromatic N) is 5. The minimum absolute atomic E-state index is 0. The van der Waals surface area contributed by atoms with Gasteiger partial charge in [-0.2, -0.15) is 0 Å². The Morgan fingerprint density at radius 1 is 1.00 bits per heavy atom. The average Bonchev–Trinajstić information content (AvgIpc) is 3.31. The number of carbonyl (C=O) groups is 2. The number of amides is 3. The van der Waals surface area contributed by atoms with Gasteiger partial charge < -0.3 is 29.7 Å². The average molecular weight is 505 g/mol. The number of hydrogen-bond donors (Lipinski definition) is 1. The van der Waals surface area contributed by atoms with E-state index in [1.54, 1.807) is 11.8 Å². The number of ether oxygens (including phenoxy) is 1. The Balaban J connectivity index is 0.00000294. The lowest BCUT2D eigenvalue weighted by molar-refractivity contribution is -0.130. The van der Waals surface area contributed by atoms with Crippen LogP contribution in [0.4, 0.5) is 10.5 Å².